The number of hydrogen-bond acceptors (Lipinski definition) is 6. The van der Waals surface area contributed by atoms with Gasteiger partial charge in [0, 0.05) is 0 Å². The van der Waals surface area contributed by atoms with E-state index < -0.39 is 72.0 Å². The molecule has 0 saturated carbocycles. The van der Waals surface area contributed by atoms with Gasteiger partial charge in [-0.15, -0.1) is 0 Å². The quantitative estimate of drug-likeness (QED) is 0.201. The number of carbonyl (C=O) groups excluding carboxylic acids is 2. The van der Waals surface area contributed by atoms with Gasteiger partial charge in [-0.1, -0.05) is 30.3 Å². The first kappa shape index (κ1) is 30.7. The minimum atomic E-state index is -5.19. The van der Waals surface area contributed by atoms with Gasteiger partial charge >= 0.3 is 19.5 Å². The van der Waals surface area contributed by atoms with E-state index in [-0.39, 0.29) is 36.7 Å². The highest BCUT2D eigenvalue weighted by Gasteiger charge is 2.58. The van der Waals surface area contributed by atoms with Gasteiger partial charge in [-0.05, 0) is 77.8 Å². The molecule has 0 spiro atoms. The number of halogens is 6. The summed E-state index contributed by atoms with van der Waals surface area (Å²) in [6.45, 7) is -0.125. The number of phenolic OH excluding ortho intramolecular Hbond substituents is 1. The number of fused-ring (bicyclic) bond motifs is 3. The Morgan fingerprint density at radius 2 is 1.53 bits per heavy atom. The highest BCUT2D eigenvalue weighted by atomic mass is 19.4. The summed E-state index contributed by atoms with van der Waals surface area (Å²) in [5, 5.41) is 21.2. The molecule has 2 N–H and O–H groups in total. The number of rotatable bonds is 5. The van der Waals surface area contributed by atoms with Crippen LogP contribution in [0.15, 0.2) is 83.8 Å². The van der Waals surface area contributed by atoms with Crippen LogP contribution in [-0.4, -0.2) is 35.7 Å². The van der Waals surface area contributed by atoms with Gasteiger partial charge in [0.15, 0.2) is 0 Å². The lowest BCUT2D eigenvalue weighted by Crippen LogP contribution is -2.45. The Bertz CT molecular complexity index is 1640. The molecule has 2 fully saturated rings. The number of hydrogen-bond donors (Lipinski definition) is 2. The molecule has 1 aliphatic carbocycles. The van der Waals surface area contributed by atoms with Crippen LogP contribution in [0.25, 0.3) is 0 Å². The third-order valence-corrected chi connectivity index (χ3v) is 8.44. The van der Waals surface area contributed by atoms with Crippen molar-refractivity contribution in [2.75, 3.05) is 11.5 Å². The molecular formula is C31H24BF6NO6. The summed E-state index contributed by atoms with van der Waals surface area (Å²) in [6, 6.07) is 15.2. The van der Waals surface area contributed by atoms with Crippen LogP contribution >= 0.6 is 0 Å². The van der Waals surface area contributed by atoms with Gasteiger partial charge in [0.25, 0.3) is 0 Å². The number of alkyl halides is 6. The maximum absolute atomic E-state index is 13.9. The first-order valence-electron chi connectivity index (χ1n) is 13.9. The lowest BCUT2D eigenvalue weighted by molar-refractivity contribution is -0.143. The molecule has 2 heterocycles. The van der Waals surface area contributed by atoms with Gasteiger partial charge in [-0.2, -0.15) is 26.3 Å². The Morgan fingerprint density at radius 3 is 2.16 bits per heavy atom. The summed E-state index contributed by atoms with van der Waals surface area (Å²) in [5.41, 5.74) is -3.02. The molecule has 234 valence electrons. The second-order valence-electron chi connectivity index (χ2n) is 11.2. The fourth-order valence-electron chi connectivity index (χ4n) is 6.49. The zero-order valence-corrected chi connectivity index (χ0v) is 23.2. The van der Waals surface area contributed by atoms with E-state index in [0.717, 1.165) is 0 Å². The molecule has 7 nitrogen and oxygen atoms in total. The fourth-order valence-corrected chi connectivity index (χ4v) is 6.49. The van der Waals surface area contributed by atoms with Gasteiger partial charge in [0.2, 0.25) is 11.8 Å². The number of aromatic hydroxyl groups is 1. The summed E-state index contributed by atoms with van der Waals surface area (Å²) in [4.78, 5) is 28.1. The minimum Gasteiger partial charge on any atom is -0.508 e. The van der Waals surface area contributed by atoms with Crippen molar-refractivity contribution in [3.63, 3.8) is 0 Å². The maximum Gasteiger partial charge on any atom is 0.487 e. The molecule has 2 amide bonds. The number of para-hydroxylation sites is 1. The van der Waals surface area contributed by atoms with E-state index in [1.54, 1.807) is 42.5 Å². The van der Waals surface area contributed by atoms with Crippen molar-refractivity contribution in [3.05, 3.63) is 101 Å². The zero-order valence-electron chi connectivity index (χ0n) is 23.2. The molecule has 0 bridgehead atoms. The smallest absolute Gasteiger partial charge is 0.487 e. The van der Waals surface area contributed by atoms with Crippen molar-refractivity contribution in [2.45, 2.75) is 31.3 Å². The number of phenols is 1. The van der Waals surface area contributed by atoms with Crippen molar-refractivity contribution in [3.8, 4) is 11.5 Å². The number of anilines is 1. The standard InChI is InChI=1S/C31H24BF6NO6/c33-30(34,35)18-11-19(31(36,37)38)13-20(12-18)39-28(41)24-10-17(15-44-22-7-2-1-3-8-22)27-23(26(24)29(39)42)14-25(45-32(27)43)16-5-4-6-21(40)9-16/h1-9,11-13,23-26,40,43H,10,14-15H2/t23-,24-,25-,26+/m0/s1. The number of amides is 2. The SMILES string of the molecule is O=C1[C@H]2[C@H](CC(COc3ccccc3)=C3B(O)O[C@H](c4cccc(O)c4)C[C@H]32)C(=O)N1c1cc(C(F)(F)F)cc(C(F)(F)F)c1. The molecule has 0 radical (unpaired) electrons. The van der Waals surface area contributed by atoms with Crippen LogP contribution in [0.1, 0.15) is 35.6 Å². The Morgan fingerprint density at radius 1 is 0.867 bits per heavy atom. The van der Waals surface area contributed by atoms with Gasteiger partial charge in [0.05, 0.1) is 34.8 Å². The first-order chi connectivity index (χ1) is 21.2. The highest BCUT2D eigenvalue weighted by molar-refractivity contribution is 6.53. The number of allylic oxidation sites excluding steroid dienone is 1. The monoisotopic (exact) mass is 631 g/mol. The molecule has 3 aromatic carbocycles. The molecule has 6 rings (SSSR count). The first-order valence-corrected chi connectivity index (χ1v) is 13.9. The lowest BCUT2D eigenvalue weighted by atomic mass is 9.55. The third-order valence-electron chi connectivity index (χ3n) is 8.44. The van der Waals surface area contributed by atoms with Crippen molar-refractivity contribution >= 4 is 24.6 Å². The molecule has 4 atom stereocenters. The van der Waals surface area contributed by atoms with Crippen LogP contribution in [0.3, 0.4) is 0 Å². The van der Waals surface area contributed by atoms with E-state index in [1.807, 2.05) is 0 Å². The molecule has 14 heteroatoms. The third kappa shape index (κ3) is 5.79. The molecule has 0 unspecified atom stereocenters. The normalized spacial score (nSPS) is 23.7. The number of imide groups is 1. The average Bonchev–Trinajstić information content (AvgIpc) is 3.24. The summed E-state index contributed by atoms with van der Waals surface area (Å²) < 4.78 is 93.7. The van der Waals surface area contributed by atoms with Gasteiger partial charge < -0.3 is 19.5 Å². The maximum atomic E-state index is 13.9. The molecule has 2 saturated heterocycles. The zero-order chi connectivity index (χ0) is 32.3. The number of ether oxygens (including phenoxy) is 1. The van der Waals surface area contributed by atoms with Gasteiger partial charge in [-0.3, -0.25) is 9.59 Å². The van der Waals surface area contributed by atoms with E-state index in [2.05, 4.69) is 0 Å². The summed E-state index contributed by atoms with van der Waals surface area (Å²) in [6.07, 6.45) is -11.4. The number of nitrogens with zero attached hydrogens (tertiary/aromatic N) is 1. The Balaban J connectivity index is 1.42. The van der Waals surface area contributed by atoms with Crippen LogP contribution in [0.2, 0.25) is 0 Å². The van der Waals surface area contributed by atoms with E-state index in [4.69, 9.17) is 9.39 Å². The molecule has 45 heavy (non-hydrogen) atoms. The highest BCUT2D eigenvalue weighted by Crippen LogP contribution is 2.52. The van der Waals surface area contributed by atoms with Crippen LogP contribution < -0.4 is 9.64 Å². The molecular weight excluding hydrogens is 607 g/mol. The van der Waals surface area contributed by atoms with Crippen molar-refractivity contribution in [2.24, 2.45) is 17.8 Å². The average molecular weight is 631 g/mol. The number of carbonyl (C=O) groups is 2. The van der Waals surface area contributed by atoms with Crippen molar-refractivity contribution in [1.82, 2.24) is 0 Å². The van der Waals surface area contributed by atoms with Gasteiger partial charge in [0.1, 0.15) is 18.1 Å². The molecule has 0 aromatic heterocycles. The second-order valence-corrected chi connectivity index (χ2v) is 11.2. The van der Waals surface area contributed by atoms with E-state index in [9.17, 15) is 46.1 Å². The summed E-state index contributed by atoms with van der Waals surface area (Å²) in [7, 11) is -1.58. The van der Waals surface area contributed by atoms with Gasteiger partial charge in [-0.25, -0.2) is 4.90 Å². The predicted molar refractivity (Wildman–Crippen MR) is 148 cm³/mol. The van der Waals surface area contributed by atoms with E-state index in [1.165, 1.54) is 12.1 Å². The Labute approximate surface area is 252 Å². The lowest BCUT2D eigenvalue weighted by Gasteiger charge is -2.42. The molecule has 3 aliphatic rings. The van der Waals surface area contributed by atoms with Crippen molar-refractivity contribution in [1.29, 1.82) is 0 Å². The second kappa shape index (κ2) is 11.3. The number of benzene rings is 3. The topological polar surface area (TPSA) is 96.3 Å². The Kier molecular flexibility index (Phi) is 7.68. The largest absolute Gasteiger partial charge is 0.508 e. The Hall–Kier alpha value is -4.30. The van der Waals surface area contributed by atoms with E-state index in [0.29, 0.717) is 33.9 Å². The van der Waals surface area contributed by atoms with Crippen LogP contribution in [0.4, 0.5) is 32.0 Å². The summed E-state index contributed by atoms with van der Waals surface area (Å²) >= 11 is 0. The van der Waals surface area contributed by atoms with E-state index >= 15 is 0 Å². The van der Waals surface area contributed by atoms with Crippen LogP contribution in [-0.2, 0) is 26.6 Å². The fraction of sp³-hybridized carbons (Fsp3) is 0.290. The minimum absolute atomic E-state index is 0.0229. The van der Waals surface area contributed by atoms with Crippen LogP contribution in [0, 0.1) is 17.8 Å². The summed E-state index contributed by atoms with van der Waals surface area (Å²) in [5.74, 6) is -4.81. The molecule has 3 aromatic rings. The predicted octanol–water partition coefficient (Wildman–Crippen LogP) is 6.11. The van der Waals surface area contributed by atoms with Crippen molar-refractivity contribution < 1.29 is 55.5 Å². The molecule has 2 aliphatic heterocycles. The van der Waals surface area contributed by atoms with Crippen LogP contribution in [0.5, 0.6) is 11.5 Å².